The number of carboxylic acids is 1. The zero-order valence-corrected chi connectivity index (χ0v) is 10.4. The number of carbonyl (C=O) groups is 1. The molecule has 0 radical (unpaired) electrons. The van der Waals surface area contributed by atoms with Crippen molar-refractivity contribution in [3.63, 3.8) is 0 Å². The average molecular weight is 260 g/mol. The van der Waals surface area contributed by atoms with E-state index in [0.717, 1.165) is 5.56 Å². The third-order valence-electron chi connectivity index (χ3n) is 2.43. The van der Waals surface area contributed by atoms with Crippen LogP contribution in [-0.4, -0.2) is 16.8 Å². The molecule has 0 aliphatic carbocycles. The summed E-state index contributed by atoms with van der Waals surface area (Å²) in [4.78, 5) is 11.2. The monoisotopic (exact) mass is 260 g/mol. The van der Waals surface area contributed by atoms with Gasteiger partial charge in [-0.3, -0.25) is 4.79 Å². The fourth-order valence-corrected chi connectivity index (χ4v) is 2.13. The summed E-state index contributed by atoms with van der Waals surface area (Å²) < 4.78 is 24.5. The molecule has 17 heavy (non-hydrogen) atoms. The van der Waals surface area contributed by atoms with E-state index in [0.29, 0.717) is 16.7 Å². The highest BCUT2D eigenvalue weighted by Crippen LogP contribution is 2.32. The Bertz CT molecular complexity index is 405. The first-order valence-corrected chi connectivity index (χ1v) is 5.96. The molecule has 0 aromatic heterocycles. The predicted molar refractivity (Wildman–Crippen MR) is 63.6 cm³/mol. The van der Waals surface area contributed by atoms with Crippen molar-refractivity contribution in [1.82, 2.24) is 0 Å². The van der Waals surface area contributed by atoms with Crippen LogP contribution in [0.5, 0.6) is 0 Å². The second-order valence-corrected chi connectivity index (χ2v) is 5.42. The van der Waals surface area contributed by atoms with E-state index in [1.165, 1.54) is 0 Å². The summed E-state index contributed by atoms with van der Waals surface area (Å²) >= 11 is 0.467. The molecule has 0 bridgehead atoms. The first-order valence-electron chi connectivity index (χ1n) is 5.08. The number of carboxylic acid groups (broad SMARTS) is 1. The lowest BCUT2D eigenvalue weighted by Gasteiger charge is -2.23. The summed E-state index contributed by atoms with van der Waals surface area (Å²) in [5, 5.41) is 8.80. The molecule has 94 valence electrons. The molecule has 0 aliphatic heterocycles. The highest BCUT2D eigenvalue weighted by Gasteiger charge is 2.24. The van der Waals surface area contributed by atoms with Crippen LogP contribution in [0.1, 0.15) is 25.8 Å². The van der Waals surface area contributed by atoms with Crippen LogP contribution in [0.25, 0.3) is 0 Å². The van der Waals surface area contributed by atoms with Gasteiger partial charge in [0.1, 0.15) is 0 Å². The summed E-state index contributed by atoms with van der Waals surface area (Å²) in [6.45, 7) is 3.57. The lowest BCUT2D eigenvalue weighted by Crippen LogP contribution is -2.21. The topological polar surface area (TPSA) is 37.3 Å². The van der Waals surface area contributed by atoms with Crippen molar-refractivity contribution in [2.45, 2.75) is 36.3 Å². The summed E-state index contributed by atoms with van der Waals surface area (Å²) in [5.41, 5.74) is 0.190. The van der Waals surface area contributed by atoms with Crippen molar-refractivity contribution in [3.8, 4) is 0 Å². The second kappa shape index (κ2) is 5.49. The van der Waals surface area contributed by atoms with Gasteiger partial charge in [0.2, 0.25) is 0 Å². The minimum Gasteiger partial charge on any atom is -0.481 e. The first-order chi connectivity index (χ1) is 7.81. The molecular weight excluding hydrogens is 246 g/mol. The number of thioether (sulfide) groups is 1. The molecule has 0 atom stereocenters. The Morgan fingerprint density at radius 3 is 2.65 bits per heavy atom. The Balaban J connectivity index is 2.94. The first kappa shape index (κ1) is 14.0. The molecule has 1 aromatic carbocycles. The van der Waals surface area contributed by atoms with Gasteiger partial charge in [-0.25, -0.2) is 0 Å². The third-order valence-corrected chi connectivity index (χ3v) is 3.14. The summed E-state index contributed by atoms with van der Waals surface area (Å²) in [6.07, 6.45) is -0.0319. The maximum absolute atomic E-state index is 12.2. The summed E-state index contributed by atoms with van der Waals surface area (Å²) in [5.74, 6) is -3.37. The Labute approximate surface area is 103 Å². The van der Waals surface area contributed by atoms with Gasteiger partial charge in [0.25, 0.3) is 5.76 Å². The van der Waals surface area contributed by atoms with Crippen molar-refractivity contribution in [3.05, 3.63) is 29.8 Å². The van der Waals surface area contributed by atoms with Gasteiger partial charge in [0, 0.05) is 10.3 Å². The molecule has 0 saturated carbocycles. The minimum atomic E-state index is -2.46. The maximum atomic E-state index is 12.2. The molecule has 1 rings (SSSR count). The lowest BCUT2D eigenvalue weighted by molar-refractivity contribution is -0.138. The molecular formula is C12H14F2O2S. The molecule has 0 heterocycles. The van der Waals surface area contributed by atoms with Gasteiger partial charge in [-0.15, -0.1) is 0 Å². The molecule has 0 spiro atoms. The van der Waals surface area contributed by atoms with Gasteiger partial charge in [0.05, 0.1) is 6.42 Å². The van der Waals surface area contributed by atoms with E-state index in [9.17, 15) is 13.6 Å². The lowest BCUT2D eigenvalue weighted by atomic mass is 9.82. The number of rotatable bonds is 5. The summed E-state index contributed by atoms with van der Waals surface area (Å²) in [6, 6.07) is 6.65. The number of benzene rings is 1. The number of hydrogen-bond acceptors (Lipinski definition) is 2. The van der Waals surface area contributed by atoms with Gasteiger partial charge in [-0.2, -0.15) is 8.78 Å². The second-order valence-electron chi connectivity index (χ2n) is 4.36. The zero-order valence-electron chi connectivity index (χ0n) is 9.61. The van der Waals surface area contributed by atoms with Crippen molar-refractivity contribution < 1.29 is 18.7 Å². The van der Waals surface area contributed by atoms with Crippen molar-refractivity contribution in [2.75, 3.05) is 0 Å². The van der Waals surface area contributed by atoms with Crippen molar-refractivity contribution >= 4 is 17.7 Å². The van der Waals surface area contributed by atoms with Gasteiger partial charge in [0.15, 0.2) is 0 Å². The van der Waals surface area contributed by atoms with Crippen LogP contribution >= 0.6 is 11.8 Å². The van der Waals surface area contributed by atoms with E-state index >= 15 is 0 Å². The highest BCUT2D eigenvalue weighted by atomic mass is 32.2. The fourth-order valence-electron chi connectivity index (χ4n) is 1.57. The van der Waals surface area contributed by atoms with Gasteiger partial charge < -0.3 is 5.11 Å². The van der Waals surface area contributed by atoms with Crippen molar-refractivity contribution in [1.29, 1.82) is 0 Å². The van der Waals surface area contributed by atoms with Crippen LogP contribution in [-0.2, 0) is 10.2 Å². The van der Waals surface area contributed by atoms with Gasteiger partial charge >= 0.3 is 5.97 Å². The summed E-state index contributed by atoms with van der Waals surface area (Å²) in [7, 11) is 0. The molecule has 0 aliphatic rings. The molecule has 2 nitrogen and oxygen atoms in total. The largest absolute Gasteiger partial charge is 0.481 e. The molecule has 0 unspecified atom stereocenters. The van der Waals surface area contributed by atoms with Crippen LogP contribution in [0.15, 0.2) is 29.2 Å². The number of alkyl halides is 2. The quantitative estimate of drug-likeness (QED) is 0.819. The predicted octanol–water partition coefficient (Wildman–Crippen LogP) is 3.75. The molecule has 0 fully saturated rings. The highest BCUT2D eigenvalue weighted by molar-refractivity contribution is 7.99. The van der Waals surface area contributed by atoms with E-state index in [-0.39, 0.29) is 6.42 Å². The maximum Gasteiger partial charge on any atom is 0.304 e. The SMILES string of the molecule is CC(C)(CC(=O)O)c1cccc(SC(F)F)c1. The molecule has 1 N–H and O–H groups in total. The van der Waals surface area contributed by atoms with Crippen LogP contribution in [0.3, 0.4) is 0 Å². The van der Waals surface area contributed by atoms with E-state index < -0.39 is 17.1 Å². The van der Waals surface area contributed by atoms with E-state index in [1.54, 1.807) is 38.1 Å². The molecule has 5 heteroatoms. The number of hydrogen-bond donors (Lipinski definition) is 1. The zero-order chi connectivity index (χ0) is 13.1. The normalized spacial score (nSPS) is 11.8. The Morgan fingerprint density at radius 2 is 2.12 bits per heavy atom. The van der Waals surface area contributed by atoms with Crippen molar-refractivity contribution in [2.24, 2.45) is 0 Å². The standard InChI is InChI=1S/C12H14F2O2S/c1-12(2,7-10(15)16)8-4-3-5-9(6-8)17-11(13)14/h3-6,11H,7H2,1-2H3,(H,15,16). The average Bonchev–Trinajstić information content (AvgIpc) is 2.15. The smallest absolute Gasteiger partial charge is 0.304 e. The van der Waals surface area contributed by atoms with E-state index in [4.69, 9.17) is 5.11 Å². The van der Waals surface area contributed by atoms with Gasteiger partial charge in [-0.05, 0) is 17.7 Å². The number of halogens is 2. The molecule has 0 saturated heterocycles. The van der Waals surface area contributed by atoms with Crippen LogP contribution in [0, 0.1) is 0 Å². The fraction of sp³-hybridized carbons (Fsp3) is 0.417. The van der Waals surface area contributed by atoms with E-state index in [2.05, 4.69) is 0 Å². The third kappa shape index (κ3) is 4.34. The molecule has 0 amide bonds. The van der Waals surface area contributed by atoms with Crippen LogP contribution in [0.2, 0.25) is 0 Å². The Hall–Kier alpha value is -1.10. The Morgan fingerprint density at radius 1 is 1.47 bits per heavy atom. The Kier molecular flexibility index (Phi) is 4.51. The van der Waals surface area contributed by atoms with Crippen LogP contribution in [0.4, 0.5) is 8.78 Å². The number of aliphatic carboxylic acids is 1. The van der Waals surface area contributed by atoms with Crippen LogP contribution < -0.4 is 0 Å². The van der Waals surface area contributed by atoms with E-state index in [1.807, 2.05) is 0 Å². The van der Waals surface area contributed by atoms with Gasteiger partial charge in [-0.1, -0.05) is 37.7 Å². The molecule has 1 aromatic rings. The minimum absolute atomic E-state index is 0.0319.